The lowest BCUT2D eigenvalue weighted by molar-refractivity contribution is 0.0169. The van der Waals surface area contributed by atoms with Gasteiger partial charge >= 0.3 is 6.09 Å². The highest BCUT2D eigenvalue weighted by Gasteiger charge is 2.29. The Labute approximate surface area is 143 Å². The topological polar surface area (TPSA) is 79.8 Å². The minimum absolute atomic E-state index is 0.524. The molecule has 0 aliphatic carbocycles. The smallest absolute Gasteiger partial charge is 0.412 e. The van der Waals surface area contributed by atoms with Crippen LogP contribution in [0.15, 0.2) is 18.2 Å². The molecule has 2 rings (SSSR count). The summed E-state index contributed by atoms with van der Waals surface area (Å²) < 4.78 is 10.6. The lowest BCUT2D eigenvalue weighted by Gasteiger charge is -2.33. The third-order valence-electron chi connectivity index (χ3n) is 3.88. The number of carbonyl (C=O) groups excluding carboxylic acids is 1. The normalized spacial score (nSPS) is 21.2. The van der Waals surface area contributed by atoms with E-state index in [0.29, 0.717) is 24.4 Å². The van der Waals surface area contributed by atoms with Gasteiger partial charge in [0.25, 0.3) is 0 Å². The van der Waals surface area contributed by atoms with Crippen molar-refractivity contribution >= 4 is 11.8 Å². The van der Waals surface area contributed by atoms with E-state index >= 15 is 0 Å². The minimum atomic E-state index is -0.733. The summed E-state index contributed by atoms with van der Waals surface area (Å²) >= 11 is 0. The van der Waals surface area contributed by atoms with E-state index in [1.165, 1.54) is 0 Å². The van der Waals surface area contributed by atoms with Gasteiger partial charge in [0.2, 0.25) is 0 Å². The first-order valence-corrected chi connectivity index (χ1v) is 8.31. The predicted molar refractivity (Wildman–Crippen MR) is 93.6 cm³/mol. The average Bonchev–Trinajstić information content (AvgIpc) is 2.47. The van der Waals surface area contributed by atoms with E-state index in [-0.39, 0.29) is 0 Å². The number of amides is 1. The molecule has 0 saturated carbocycles. The van der Waals surface area contributed by atoms with Gasteiger partial charge in [-0.1, -0.05) is 6.07 Å². The highest BCUT2D eigenvalue weighted by atomic mass is 16.6. The predicted octanol–water partition coefficient (Wildman–Crippen LogP) is 2.70. The van der Waals surface area contributed by atoms with Crippen LogP contribution in [0.1, 0.15) is 39.2 Å². The van der Waals surface area contributed by atoms with Gasteiger partial charge in [0.05, 0.1) is 18.4 Å². The molecule has 0 aromatic heterocycles. The molecule has 1 aliphatic heterocycles. The molecule has 1 aliphatic rings. The number of anilines is 1. The Hall–Kier alpha value is -1.79. The summed E-state index contributed by atoms with van der Waals surface area (Å²) in [5.74, 6) is 0.547. The van der Waals surface area contributed by atoms with Crippen LogP contribution in [0.5, 0.6) is 5.75 Å². The molecule has 1 heterocycles. The maximum Gasteiger partial charge on any atom is 0.412 e. The largest absolute Gasteiger partial charge is 0.495 e. The molecular weight excluding hydrogens is 308 g/mol. The van der Waals surface area contributed by atoms with E-state index in [1.807, 2.05) is 32.9 Å². The summed E-state index contributed by atoms with van der Waals surface area (Å²) in [6.45, 7) is 6.97. The molecule has 1 saturated heterocycles. The first-order chi connectivity index (χ1) is 11.2. The van der Waals surface area contributed by atoms with E-state index in [4.69, 9.17) is 9.47 Å². The fourth-order valence-corrected chi connectivity index (χ4v) is 2.85. The van der Waals surface area contributed by atoms with Gasteiger partial charge in [-0.2, -0.15) is 0 Å². The number of aliphatic hydroxyl groups is 1. The second-order valence-electron chi connectivity index (χ2n) is 7.34. The number of methoxy groups -OCH3 is 1. The van der Waals surface area contributed by atoms with Crippen LogP contribution >= 0.6 is 0 Å². The molecule has 1 unspecified atom stereocenters. The molecule has 0 radical (unpaired) electrons. The van der Waals surface area contributed by atoms with Crippen LogP contribution in [0.25, 0.3) is 0 Å². The van der Waals surface area contributed by atoms with E-state index in [9.17, 15) is 9.90 Å². The molecule has 3 N–H and O–H groups in total. The lowest BCUT2D eigenvalue weighted by Crippen LogP contribution is -2.47. The minimum Gasteiger partial charge on any atom is -0.495 e. The van der Waals surface area contributed by atoms with Gasteiger partial charge in [0.1, 0.15) is 11.4 Å². The molecule has 134 valence electrons. The van der Waals surface area contributed by atoms with E-state index in [1.54, 1.807) is 13.2 Å². The molecule has 0 spiro atoms. The van der Waals surface area contributed by atoms with Gasteiger partial charge in [-0.05, 0) is 57.9 Å². The number of rotatable bonds is 4. The maximum absolute atomic E-state index is 11.9. The van der Waals surface area contributed by atoms with Crippen LogP contribution in [0, 0.1) is 0 Å². The van der Waals surface area contributed by atoms with Gasteiger partial charge in [0.15, 0.2) is 0 Å². The Balaban J connectivity index is 2.08. The Morgan fingerprint density at radius 2 is 2.17 bits per heavy atom. The van der Waals surface area contributed by atoms with Gasteiger partial charge in [-0.15, -0.1) is 0 Å². The molecule has 1 aromatic carbocycles. The second-order valence-corrected chi connectivity index (χ2v) is 7.34. The monoisotopic (exact) mass is 336 g/mol. The van der Waals surface area contributed by atoms with Gasteiger partial charge < -0.3 is 19.9 Å². The average molecular weight is 336 g/mol. The fraction of sp³-hybridized carbons (Fsp3) is 0.611. The zero-order valence-corrected chi connectivity index (χ0v) is 14.9. The SMILES string of the molecule is COc1cc(CC2(O)CCCNC2)ccc1NC(=O)OC(C)(C)C. The van der Waals surface area contributed by atoms with E-state index < -0.39 is 17.3 Å². The van der Waals surface area contributed by atoms with E-state index in [0.717, 1.165) is 24.9 Å². The van der Waals surface area contributed by atoms with Crippen LogP contribution < -0.4 is 15.4 Å². The summed E-state index contributed by atoms with van der Waals surface area (Å²) in [5, 5.41) is 16.6. The number of carbonyl (C=O) groups is 1. The lowest BCUT2D eigenvalue weighted by atomic mass is 9.87. The van der Waals surface area contributed by atoms with Crippen molar-refractivity contribution in [1.29, 1.82) is 0 Å². The molecule has 0 bridgehead atoms. The third-order valence-corrected chi connectivity index (χ3v) is 3.88. The Morgan fingerprint density at radius 3 is 2.75 bits per heavy atom. The van der Waals surface area contributed by atoms with Crippen LogP contribution in [0.4, 0.5) is 10.5 Å². The number of hydrogen-bond acceptors (Lipinski definition) is 5. The number of benzene rings is 1. The standard InChI is InChI=1S/C18H28N2O4/c1-17(2,3)24-16(21)20-14-7-6-13(10-15(14)23-4)11-18(22)8-5-9-19-12-18/h6-7,10,19,22H,5,8-9,11-12H2,1-4H3,(H,20,21). The van der Waals surface area contributed by atoms with Crippen molar-refractivity contribution < 1.29 is 19.4 Å². The fourth-order valence-electron chi connectivity index (χ4n) is 2.85. The maximum atomic E-state index is 11.9. The quantitative estimate of drug-likeness (QED) is 0.788. The van der Waals surface area contributed by atoms with Crippen molar-refractivity contribution in [2.75, 3.05) is 25.5 Å². The first kappa shape index (κ1) is 18.5. The van der Waals surface area contributed by atoms with Crippen molar-refractivity contribution in [2.45, 2.75) is 51.2 Å². The second kappa shape index (κ2) is 7.40. The summed E-state index contributed by atoms with van der Waals surface area (Å²) in [5.41, 5.74) is 0.217. The Morgan fingerprint density at radius 1 is 1.42 bits per heavy atom. The van der Waals surface area contributed by atoms with Gasteiger partial charge in [-0.25, -0.2) is 4.79 Å². The van der Waals surface area contributed by atoms with Gasteiger partial charge in [-0.3, -0.25) is 5.32 Å². The van der Waals surface area contributed by atoms with Crippen LogP contribution in [-0.2, 0) is 11.2 Å². The summed E-state index contributed by atoms with van der Waals surface area (Å²) in [6.07, 6.45) is 1.76. The molecule has 6 heteroatoms. The summed E-state index contributed by atoms with van der Waals surface area (Å²) in [4.78, 5) is 11.9. The van der Waals surface area contributed by atoms with Crippen LogP contribution in [0.2, 0.25) is 0 Å². The number of piperidine rings is 1. The van der Waals surface area contributed by atoms with Crippen LogP contribution in [0.3, 0.4) is 0 Å². The van der Waals surface area contributed by atoms with Crippen molar-refractivity contribution in [3.05, 3.63) is 23.8 Å². The molecule has 1 aromatic rings. The molecule has 6 nitrogen and oxygen atoms in total. The zero-order valence-electron chi connectivity index (χ0n) is 14.9. The van der Waals surface area contributed by atoms with Crippen molar-refractivity contribution in [3.8, 4) is 5.75 Å². The van der Waals surface area contributed by atoms with Crippen molar-refractivity contribution in [1.82, 2.24) is 5.32 Å². The molecule has 24 heavy (non-hydrogen) atoms. The van der Waals surface area contributed by atoms with Crippen LogP contribution in [-0.4, -0.2) is 42.6 Å². The molecular formula is C18H28N2O4. The first-order valence-electron chi connectivity index (χ1n) is 8.31. The Bertz CT molecular complexity index is 575. The zero-order chi connectivity index (χ0) is 17.8. The summed E-state index contributed by atoms with van der Waals surface area (Å²) in [7, 11) is 1.55. The number of ether oxygens (including phenoxy) is 2. The van der Waals surface area contributed by atoms with E-state index in [2.05, 4.69) is 10.6 Å². The molecule has 1 fully saturated rings. The third kappa shape index (κ3) is 5.39. The molecule has 1 amide bonds. The number of hydrogen-bond donors (Lipinski definition) is 3. The Kier molecular flexibility index (Phi) is 5.72. The highest BCUT2D eigenvalue weighted by Crippen LogP contribution is 2.29. The van der Waals surface area contributed by atoms with Gasteiger partial charge in [0, 0.05) is 13.0 Å². The van der Waals surface area contributed by atoms with Crippen molar-refractivity contribution in [3.63, 3.8) is 0 Å². The number of β-amino-alcohol motifs (C(OH)–C–C–N with tert-alkyl or cyclic N) is 1. The number of nitrogens with one attached hydrogen (secondary N) is 2. The highest BCUT2D eigenvalue weighted by molar-refractivity contribution is 5.87. The van der Waals surface area contributed by atoms with Crippen molar-refractivity contribution in [2.24, 2.45) is 0 Å². The molecule has 1 atom stereocenters. The summed E-state index contributed by atoms with van der Waals surface area (Å²) in [6, 6.07) is 5.51.